The van der Waals surface area contributed by atoms with Gasteiger partial charge in [0.25, 0.3) is 0 Å². The molecular formula is C49H62Zr-4. The number of fused-ring (bicyclic) bond motifs is 3. The Labute approximate surface area is 322 Å². The van der Waals surface area contributed by atoms with Gasteiger partial charge in [0.15, 0.2) is 0 Å². The Bertz CT molecular complexity index is 1560. The molecule has 4 aromatic rings. The minimum absolute atomic E-state index is 0.167. The Morgan fingerprint density at radius 1 is 0.600 bits per heavy atom. The normalized spacial score (nSPS) is 14.5. The van der Waals surface area contributed by atoms with Crippen LogP contribution in [0, 0.1) is 30.2 Å². The summed E-state index contributed by atoms with van der Waals surface area (Å²) in [6.07, 6.45) is 8.40. The first-order valence-corrected chi connectivity index (χ1v) is 19.7. The van der Waals surface area contributed by atoms with Gasteiger partial charge in [-0.3, -0.25) is 6.08 Å². The predicted octanol–water partition coefficient (Wildman–Crippen LogP) is 13.1. The molecule has 4 aromatic carbocycles. The van der Waals surface area contributed by atoms with Crippen LogP contribution in [-0.4, -0.2) is 4.21 Å². The molecule has 0 aliphatic heterocycles. The first-order valence-electron chi connectivity index (χ1n) is 17.9. The first kappa shape index (κ1) is 43.3. The van der Waals surface area contributed by atoms with Gasteiger partial charge in [0, 0.05) is 0 Å². The molecule has 0 amide bonds. The van der Waals surface area contributed by atoms with E-state index >= 15 is 0 Å². The Balaban J connectivity index is 0.000000251. The molecule has 50 heavy (non-hydrogen) atoms. The Morgan fingerprint density at radius 2 is 1.06 bits per heavy atom. The van der Waals surface area contributed by atoms with E-state index in [0.29, 0.717) is 5.92 Å². The molecule has 0 saturated carbocycles. The molecule has 0 spiro atoms. The summed E-state index contributed by atoms with van der Waals surface area (Å²) in [5.74, 6) is 0.556. The second-order valence-electron chi connectivity index (χ2n) is 17.4. The third-order valence-corrected chi connectivity index (χ3v) is 8.72. The Kier molecular flexibility index (Phi) is 16.1. The van der Waals surface area contributed by atoms with E-state index in [0.717, 1.165) is 6.42 Å². The van der Waals surface area contributed by atoms with Crippen LogP contribution in [0.25, 0.3) is 11.1 Å². The van der Waals surface area contributed by atoms with Gasteiger partial charge in [0.05, 0.1) is 0 Å². The molecule has 0 saturated heterocycles. The van der Waals surface area contributed by atoms with Crippen molar-refractivity contribution in [3.63, 3.8) is 0 Å². The topological polar surface area (TPSA) is 0 Å². The monoisotopic (exact) mass is 740 g/mol. The fraction of sp³-hybridized carbons (Fsp3) is 0.408. The Morgan fingerprint density at radius 3 is 1.40 bits per heavy atom. The van der Waals surface area contributed by atoms with Gasteiger partial charge in [-0.15, -0.1) is 18.1 Å². The summed E-state index contributed by atoms with van der Waals surface area (Å²) in [4.78, 5) is 0. The van der Waals surface area contributed by atoms with Crippen molar-refractivity contribution < 1.29 is 24.2 Å². The average Bonchev–Trinajstić information content (AvgIpc) is 3.62. The SMILES string of the molecule is CC(C)(C)c1[c-]c2c(cc1)-c1ccc(C(C)(C)C)cc1C2.CC(C)(C)c1cc[c-]cc1.CC(C)(C)c1cc[c-]cc1.CC1=CC(C)[C-]=C1.[CH2]=[Zr]. The summed E-state index contributed by atoms with van der Waals surface area (Å²) in [6, 6.07) is 37.5. The molecule has 6 rings (SSSR count). The maximum atomic E-state index is 3.67. The van der Waals surface area contributed by atoms with Gasteiger partial charge in [-0.25, -0.2) is 11.6 Å². The van der Waals surface area contributed by atoms with Crippen molar-refractivity contribution in [2.45, 2.75) is 125 Å². The van der Waals surface area contributed by atoms with Gasteiger partial charge in [-0.1, -0.05) is 120 Å². The van der Waals surface area contributed by atoms with Gasteiger partial charge < -0.3 is 0 Å². The summed E-state index contributed by atoms with van der Waals surface area (Å²) in [5, 5.41) is 0. The van der Waals surface area contributed by atoms with Crippen molar-refractivity contribution in [3.05, 3.63) is 154 Å². The summed E-state index contributed by atoms with van der Waals surface area (Å²) in [7, 11) is 0. The molecule has 1 heteroatoms. The molecule has 2 aliphatic rings. The number of rotatable bonds is 0. The number of benzene rings is 4. The number of hydrogen-bond donors (Lipinski definition) is 0. The van der Waals surface area contributed by atoms with E-state index in [2.05, 4.69) is 186 Å². The molecule has 1 atom stereocenters. The first-order chi connectivity index (χ1) is 23.2. The average molecular weight is 742 g/mol. The summed E-state index contributed by atoms with van der Waals surface area (Å²) < 4.78 is 3.34. The van der Waals surface area contributed by atoms with Crippen molar-refractivity contribution in [1.82, 2.24) is 0 Å². The van der Waals surface area contributed by atoms with Crippen LogP contribution >= 0.6 is 0 Å². The summed E-state index contributed by atoms with van der Waals surface area (Å²) in [5.41, 5.74) is 13.3. The molecule has 0 heterocycles. The molecule has 0 N–H and O–H groups in total. The van der Waals surface area contributed by atoms with Crippen LogP contribution < -0.4 is 0 Å². The molecule has 0 bridgehead atoms. The van der Waals surface area contributed by atoms with E-state index in [1.54, 1.807) is 0 Å². The molecule has 2 aliphatic carbocycles. The fourth-order valence-electron chi connectivity index (χ4n) is 5.56. The number of hydrogen-bond acceptors (Lipinski definition) is 0. The third kappa shape index (κ3) is 13.7. The van der Waals surface area contributed by atoms with Crippen molar-refractivity contribution in [3.8, 4) is 11.1 Å². The second-order valence-corrected chi connectivity index (χ2v) is 17.4. The zero-order valence-corrected chi connectivity index (χ0v) is 36.1. The van der Waals surface area contributed by atoms with Crippen molar-refractivity contribution >= 4 is 4.21 Å². The quantitative estimate of drug-likeness (QED) is 0.139. The number of allylic oxidation sites excluding steroid dienone is 4. The fourth-order valence-corrected chi connectivity index (χ4v) is 5.56. The van der Waals surface area contributed by atoms with E-state index < -0.39 is 0 Å². The van der Waals surface area contributed by atoms with Crippen LogP contribution in [0.2, 0.25) is 0 Å². The zero-order chi connectivity index (χ0) is 37.9. The van der Waals surface area contributed by atoms with Crippen LogP contribution in [0.1, 0.15) is 130 Å². The van der Waals surface area contributed by atoms with Crippen molar-refractivity contribution in [2.75, 3.05) is 0 Å². The van der Waals surface area contributed by atoms with Gasteiger partial charge in [0.2, 0.25) is 0 Å². The molecule has 0 nitrogen and oxygen atoms in total. The van der Waals surface area contributed by atoms with Crippen LogP contribution in [-0.2, 0) is 52.3 Å². The molecule has 1 unspecified atom stereocenters. The van der Waals surface area contributed by atoms with E-state index in [1.807, 2.05) is 30.3 Å². The molecule has 0 aromatic heterocycles. The van der Waals surface area contributed by atoms with Gasteiger partial charge in [0.1, 0.15) is 0 Å². The van der Waals surface area contributed by atoms with Crippen LogP contribution in [0.15, 0.2) is 96.6 Å². The van der Waals surface area contributed by atoms with Gasteiger partial charge in [-0.2, -0.15) is 102 Å². The van der Waals surface area contributed by atoms with Crippen molar-refractivity contribution in [2.24, 2.45) is 5.92 Å². The summed E-state index contributed by atoms with van der Waals surface area (Å²) >= 11 is 1.30. The molecule has 266 valence electrons. The van der Waals surface area contributed by atoms with E-state index in [4.69, 9.17) is 0 Å². The van der Waals surface area contributed by atoms with E-state index in [1.165, 1.54) is 74.3 Å². The van der Waals surface area contributed by atoms with Gasteiger partial charge >= 0.3 is 28.4 Å². The third-order valence-electron chi connectivity index (χ3n) is 8.72. The molecular weight excluding hydrogens is 680 g/mol. The second kappa shape index (κ2) is 18.6. The standard InChI is InChI=1S/C21H25.2C10H13.C7H9.CH2.Zr/c1-20(2,3)16-7-9-18-14(12-16)11-15-13-17(21(4,5)6)8-10-19(15)18;2*1-10(2,3)9-7-5-4-6-8-9;1-6-3-4-7(2)5-6;;/h7-10,12H,11H2,1-6H3;2*5-8H,1-3H3;3,5,7H,1-2H3;1H2;/q4*-1;;. The zero-order valence-electron chi connectivity index (χ0n) is 33.7. The van der Waals surface area contributed by atoms with Gasteiger partial charge in [-0.05, 0) is 39.2 Å². The molecule has 0 fully saturated rings. The van der Waals surface area contributed by atoms with Crippen molar-refractivity contribution in [1.29, 1.82) is 0 Å². The summed E-state index contributed by atoms with van der Waals surface area (Å²) in [6.45, 7) is 31.1. The minimum atomic E-state index is 0.167. The van der Waals surface area contributed by atoms with Crippen LogP contribution in [0.3, 0.4) is 0 Å². The van der Waals surface area contributed by atoms with Crippen LogP contribution in [0.5, 0.6) is 0 Å². The van der Waals surface area contributed by atoms with Crippen LogP contribution in [0.4, 0.5) is 0 Å². The van der Waals surface area contributed by atoms with E-state index in [-0.39, 0.29) is 21.7 Å². The van der Waals surface area contributed by atoms with E-state index in [9.17, 15) is 0 Å². The Hall–Kier alpha value is -2.89. The maximum absolute atomic E-state index is 3.67. The molecule has 0 radical (unpaired) electrons. The predicted molar refractivity (Wildman–Crippen MR) is 217 cm³/mol.